The van der Waals surface area contributed by atoms with Gasteiger partial charge in [-0.25, -0.2) is 9.59 Å². The van der Waals surface area contributed by atoms with Crippen molar-refractivity contribution < 1.29 is 19.1 Å². The number of hydrogen-bond donors (Lipinski definition) is 2. The molecule has 2 N–H and O–H groups in total. The summed E-state index contributed by atoms with van der Waals surface area (Å²) < 4.78 is 13.3. The van der Waals surface area contributed by atoms with Gasteiger partial charge in [-0.3, -0.25) is 0 Å². The molecule has 5 aromatic rings. The first kappa shape index (κ1) is 32.9. The van der Waals surface area contributed by atoms with E-state index in [0.29, 0.717) is 31.0 Å². The number of ether oxygens (including phenoxy) is 2. The Morgan fingerprint density at radius 1 is 0.617 bits per heavy atom. The lowest BCUT2D eigenvalue weighted by Crippen LogP contribution is -2.37. The molecule has 0 bridgehead atoms. The quantitative estimate of drug-likeness (QED) is 0.149. The minimum atomic E-state index is -0.685. The summed E-state index contributed by atoms with van der Waals surface area (Å²) in [5.41, 5.74) is 3.22. The van der Waals surface area contributed by atoms with Crippen molar-refractivity contribution in [3.05, 3.63) is 155 Å². The van der Waals surface area contributed by atoms with Crippen molar-refractivity contribution in [1.29, 1.82) is 0 Å². The molecule has 4 aromatic carbocycles. The zero-order valence-corrected chi connectivity index (χ0v) is 27.0. The molecule has 2 amide bonds. The Bertz CT molecular complexity index is 1710. The summed E-state index contributed by atoms with van der Waals surface area (Å²) in [6.07, 6.45) is -0.240. The number of hydrogen-bond acceptors (Lipinski definition) is 6. The summed E-state index contributed by atoms with van der Waals surface area (Å²) in [6, 6.07) is 38.1. The summed E-state index contributed by atoms with van der Waals surface area (Å²) in [7, 11) is 0. The Kier molecular flexibility index (Phi) is 11.0. The minimum absolute atomic E-state index is 0.131. The van der Waals surface area contributed by atoms with Crippen LogP contribution in [0.15, 0.2) is 121 Å². The fourth-order valence-electron chi connectivity index (χ4n) is 5.24. The average Bonchev–Trinajstić information content (AvgIpc) is 3.47. The van der Waals surface area contributed by atoms with Gasteiger partial charge in [0.1, 0.15) is 12.2 Å². The molecule has 5 rings (SSSR count). The van der Waals surface area contributed by atoms with Crippen LogP contribution in [0.2, 0.25) is 0 Å². The summed E-state index contributed by atoms with van der Waals surface area (Å²) in [4.78, 5) is 26.4. The van der Waals surface area contributed by atoms with E-state index < -0.39 is 29.9 Å². The predicted molar refractivity (Wildman–Crippen MR) is 180 cm³/mol. The van der Waals surface area contributed by atoms with Gasteiger partial charge in [-0.2, -0.15) is 0 Å². The lowest BCUT2D eigenvalue weighted by molar-refractivity contribution is 0.0500. The van der Waals surface area contributed by atoms with Gasteiger partial charge < -0.3 is 24.7 Å². The molecule has 0 unspecified atom stereocenters. The SMILES string of the molecule is CC(C)(C)OC(=O)N[C@@H](Cc1ccccc1)c1nnc([C@H](Cc2ccccc2)NC(=O)OCc2ccccc2)n1Cc1ccccc1. The first-order valence-electron chi connectivity index (χ1n) is 15.7. The second-order valence-electron chi connectivity index (χ2n) is 12.3. The van der Waals surface area contributed by atoms with Crippen molar-refractivity contribution in [2.45, 2.75) is 64.4 Å². The molecule has 0 aliphatic carbocycles. The molecule has 242 valence electrons. The number of nitrogens with zero attached hydrogens (tertiary/aromatic N) is 3. The molecule has 0 spiro atoms. The first-order valence-corrected chi connectivity index (χ1v) is 15.7. The van der Waals surface area contributed by atoms with Gasteiger partial charge in [-0.15, -0.1) is 10.2 Å². The smallest absolute Gasteiger partial charge is 0.408 e. The zero-order chi connectivity index (χ0) is 33.1. The normalized spacial score (nSPS) is 12.5. The number of rotatable bonds is 12. The van der Waals surface area contributed by atoms with E-state index in [1.54, 1.807) is 0 Å². The molecule has 0 saturated heterocycles. The third kappa shape index (κ3) is 10.0. The van der Waals surface area contributed by atoms with Gasteiger partial charge >= 0.3 is 12.2 Å². The number of alkyl carbamates (subject to hydrolysis) is 2. The number of benzene rings is 4. The first-order chi connectivity index (χ1) is 22.7. The summed E-state index contributed by atoms with van der Waals surface area (Å²) in [6.45, 7) is 6.01. The van der Waals surface area contributed by atoms with Gasteiger partial charge in [0.25, 0.3) is 0 Å². The second-order valence-corrected chi connectivity index (χ2v) is 12.3. The highest BCUT2D eigenvalue weighted by Crippen LogP contribution is 2.25. The number of carbonyl (C=O) groups excluding carboxylic acids is 2. The minimum Gasteiger partial charge on any atom is -0.445 e. The molecule has 2 atom stereocenters. The van der Waals surface area contributed by atoms with Crippen LogP contribution in [0.25, 0.3) is 0 Å². The van der Waals surface area contributed by atoms with Crippen molar-refractivity contribution in [2.75, 3.05) is 0 Å². The molecular formula is C38H41N5O4. The van der Waals surface area contributed by atoms with Crippen LogP contribution < -0.4 is 10.6 Å². The Labute approximate surface area is 276 Å². The predicted octanol–water partition coefficient (Wildman–Crippen LogP) is 7.35. The maximum atomic E-state index is 13.3. The van der Waals surface area contributed by atoms with Crippen LogP contribution in [-0.4, -0.2) is 32.6 Å². The number of nitrogens with one attached hydrogen (secondary N) is 2. The van der Waals surface area contributed by atoms with Crippen LogP contribution >= 0.6 is 0 Å². The van der Waals surface area contributed by atoms with Crippen LogP contribution in [0.5, 0.6) is 0 Å². The second kappa shape index (κ2) is 15.7. The number of aromatic nitrogens is 3. The fraction of sp³-hybridized carbons (Fsp3) is 0.263. The molecule has 1 aromatic heterocycles. The Hall–Kier alpha value is -5.44. The lowest BCUT2D eigenvalue weighted by atomic mass is 10.0. The fourth-order valence-corrected chi connectivity index (χ4v) is 5.24. The van der Waals surface area contributed by atoms with Gasteiger partial charge in [0.2, 0.25) is 0 Å². The molecule has 47 heavy (non-hydrogen) atoms. The Morgan fingerprint density at radius 3 is 1.47 bits per heavy atom. The summed E-state index contributed by atoms with van der Waals surface area (Å²) in [5, 5.41) is 15.5. The van der Waals surface area contributed by atoms with E-state index in [4.69, 9.17) is 9.47 Å². The van der Waals surface area contributed by atoms with E-state index >= 15 is 0 Å². The van der Waals surface area contributed by atoms with Gasteiger partial charge in [0.15, 0.2) is 11.6 Å². The van der Waals surface area contributed by atoms with E-state index in [2.05, 4.69) is 20.8 Å². The van der Waals surface area contributed by atoms with Gasteiger partial charge in [0, 0.05) is 12.8 Å². The van der Waals surface area contributed by atoms with Crippen molar-refractivity contribution >= 4 is 12.2 Å². The number of amides is 2. The Balaban J connectivity index is 1.53. The summed E-state index contributed by atoms with van der Waals surface area (Å²) >= 11 is 0. The van der Waals surface area contributed by atoms with Gasteiger partial charge in [-0.05, 0) is 43.0 Å². The largest absolute Gasteiger partial charge is 0.445 e. The van der Waals surface area contributed by atoms with Crippen molar-refractivity contribution in [1.82, 2.24) is 25.4 Å². The molecule has 0 saturated carbocycles. The van der Waals surface area contributed by atoms with E-state index in [1.807, 2.05) is 147 Å². The van der Waals surface area contributed by atoms with Gasteiger partial charge in [0.05, 0.1) is 18.6 Å². The van der Waals surface area contributed by atoms with Crippen LogP contribution in [0.3, 0.4) is 0 Å². The average molecular weight is 632 g/mol. The third-order valence-corrected chi connectivity index (χ3v) is 7.38. The molecule has 0 radical (unpaired) electrons. The van der Waals surface area contributed by atoms with Crippen molar-refractivity contribution in [3.63, 3.8) is 0 Å². The third-order valence-electron chi connectivity index (χ3n) is 7.38. The maximum Gasteiger partial charge on any atom is 0.408 e. The maximum absolute atomic E-state index is 13.3. The summed E-state index contributed by atoms with van der Waals surface area (Å²) in [5.74, 6) is 1.07. The van der Waals surface area contributed by atoms with Crippen LogP contribution in [0.4, 0.5) is 9.59 Å². The van der Waals surface area contributed by atoms with Crippen LogP contribution in [0, 0.1) is 0 Å². The molecule has 1 heterocycles. The van der Waals surface area contributed by atoms with Crippen molar-refractivity contribution in [3.8, 4) is 0 Å². The molecular weight excluding hydrogens is 590 g/mol. The highest BCUT2D eigenvalue weighted by molar-refractivity contribution is 5.68. The zero-order valence-electron chi connectivity index (χ0n) is 27.0. The van der Waals surface area contributed by atoms with Crippen LogP contribution in [-0.2, 0) is 35.5 Å². The molecule has 0 aliphatic rings. The van der Waals surface area contributed by atoms with E-state index in [1.165, 1.54) is 0 Å². The Morgan fingerprint density at radius 2 is 1.02 bits per heavy atom. The number of carbonyl (C=O) groups is 2. The topological polar surface area (TPSA) is 107 Å². The molecule has 9 nitrogen and oxygen atoms in total. The van der Waals surface area contributed by atoms with E-state index in [9.17, 15) is 9.59 Å². The lowest BCUT2D eigenvalue weighted by Gasteiger charge is -2.25. The monoisotopic (exact) mass is 631 g/mol. The van der Waals surface area contributed by atoms with Crippen LogP contribution in [0.1, 0.15) is 66.8 Å². The van der Waals surface area contributed by atoms with Crippen molar-refractivity contribution in [2.24, 2.45) is 0 Å². The molecule has 0 aliphatic heterocycles. The van der Waals surface area contributed by atoms with Gasteiger partial charge in [-0.1, -0.05) is 121 Å². The van der Waals surface area contributed by atoms with E-state index in [-0.39, 0.29) is 6.61 Å². The highest BCUT2D eigenvalue weighted by Gasteiger charge is 2.30. The molecule has 0 fully saturated rings. The highest BCUT2D eigenvalue weighted by atomic mass is 16.6. The van der Waals surface area contributed by atoms with E-state index in [0.717, 1.165) is 22.3 Å². The molecule has 9 heteroatoms. The standard InChI is InChI=1S/C38H41N5O4/c1-38(2,3)47-37(45)40-33(25-29-18-10-5-11-19-29)35-42-41-34(43(35)26-30-20-12-6-13-21-30)32(24-28-16-8-4-9-17-28)39-36(44)46-27-31-22-14-7-15-23-31/h4-23,32-33H,24-27H2,1-3H3,(H,39,44)(H,40,45)/t32-,33-/m0/s1.